The van der Waals surface area contributed by atoms with Gasteiger partial charge in [0.25, 0.3) is 17.4 Å². The summed E-state index contributed by atoms with van der Waals surface area (Å²) < 4.78 is 47.8. The Morgan fingerprint density at radius 2 is 1.61 bits per heavy atom. The second kappa shape index (κ2) is 8.01. The Balaban J connectivity index is 2.62. The lowest BCUT2D eigenvalue weighted by Crippen LogP contribution is -2.66. The summed E-state index contributed by atoms with van der Waals surface area (Å²) in [6.07, 6.45) is -5.29. The molecule has 170 valence electrons. The first kappa shape index (κ1) is 24.4. The molecule has 0 unspecified atom stereocenters. The normalized spacial score (nSPS) is 19.8. The van der Waals surface area contributed by atoms with Gasteiger partial charge in [-0.05, 0) is 43.9 Å². The van der Waals surface area contributed by atoms with Gasteiger partial charge in [0.05, 0.1) is 7.11 Å². The van der Waals surface area contributed by atoms with Gasteiger partial charge in [0, 0.05) is 17.3 Å². The van der Waals surface area contributed by atoms with Crippen LogP contribution in [-0.4, -0.2) is 47.6 Å². The smallest absolute Gasteiger partial charge is 0.425 e. The van der Waals surface area contributed by atoms with Crippen molar-refractivity contribution >= 4 is 17.8 Å². The molecule has 1 N–H and O–H groups in total. The molecule has 0 fully saturated rings. The SMILES string of the molecule is COC(=O)C1=C(C)N(C(C)C)C(=O)[C@]1(NC(=O)c1ccc(C(C)(C)C)cc1)C(F)(F)F. The highest BCUT2D eigenvalue weighted by atomic mass is 19.4. The molecule has 0 saturated carbocycles. The zero-order valence-corrected chi connectivity index (χ0v) is 18.6. The number of nitrogens with one attached hydrogen (secondary N) is 1. The van der Waals surface area contributed by atoms with E-state index in [1.165, 1.54) is 32.9 Å². The topological polar surface area (TPSA) is 75.7 Å². The van der Waals surface area contributed by atoms with Crippen LogP contribution in [0.3, 0.4) is 0 Å². The van der Waals surface area contributed by atoms with Crippen LogP contribution in [0.5, 0.6) is 0 Å². The van der Waals surface area contributed by atoms with Crippen molar-refractivity contribution in [3.8, 4) is 0 Å². The predicted molar refractivity (Wildman–Crippen MR) is 108 cm³/mol. The number of halogens is 3. The standard InChI is InChI=1S/C22H27F3N2O4/c1-12(2)27-13(3)16(18(29)31-7)21(19(27)30,22(23,24)25)26-17(28)14-8-10-15(11-9-14)20(4,5)6/h8-12H,1-7H3,(H,26,28)/t21-/m0/s1. The molecule has 1 aliphatic heterocycles. The van der Waals surface area contributed by atoms with E-state index in [1.807, 2.05) is 26.1 Å². The molecule has 6 nitrogen and oxygen atoms in total. The minimum atomic E-state index is -5.29. The molecule has 2 amide bonds. The van der Waals surface area contributed by atoms with Gasteiger partial charge in [-0.25, -0.2) is 4.79 Å². The third kappa shape index (κ3) is 4.05. The third-order valence-electron chi connectivity index (χ3n) is 5.28. The van der Waals surface area contributed by atoms with Crippen LogP contribution < -0.4 is 5.32 Å². The molecule has 1 aromatic rings. The van der Waals surface area contributed by atoms with Crippen molar-refractivity contribution in [2.75, 3.05) is 7.11 Å². The first-order valence-electron chi connectivity index (χ1n) is 9.72. The fourth-order valence-electron chi connectivity index (χ4n) is 3.67. The largest absolute Gasteiger partial charge is 0.466 e. The summed E-state index contributed by atoms with van der Waals surface area (Å²) >= 11 is 0. The molecule has 1 aromatic carbocycles. The highest BCUT2D eigenvalue weighted by molar-refractivity contribution is 6.11. The van der Waals surface area contributed by atoms with Crippen molar-refractivity contribution < 1.29 is 32.3 Å². The molecule has 9 heteroatoms. The summed E-state index contributed by atoms with van der Waals surface area (Å²) in [5.41, 5.74) is -4.13. The van der Waals surface area contributed by atoms with E-state index in [1.54, 1.807) is 12.1 Å². The fourth-order valence-corrected chi connectivity index (χ4v) is 3.67. The Morgan fingerprint density at radius 1 is 1.10 bits per heavy atom. The van der Waals surface area contributed by atoms with Gasteiger partial charge in [0.2, 0.25) is 0 Å². The Bertz CT molecular complexity index is 928. The van der Waals surface area contributed by atoms with Gasteiger partial charge in [-0.3, -0.25) is 9.59 Å². The zero-order chi connectivity index (χ0) is 23.9. The van der Waals surface area contributed by atoms with E-state index < -0.39 is 41.1 Å². The molecular weight excluding hydrogens is 413 g/mol. The number of rotatable bonds is 4. The van der Waals surface area contributed by atoms with Gasteiger partial charge >= 0.3 is 12.1 Å². The highest BCUT2D eigenvalue weighted by Gasteiger charge is 2.71. The van der Waals surface area contributed by atoms with Crippen molar-refractivity contribution in [1.82, 2.24) is 10.2 Å². The Morgan fingerprint density at radius 3 is 2.00 bits per heavy atom. The maximum Gasteiger partial charge on any atom is 0.425 e. The second-order valence-electron chi connectivity index (χ2n) is 8.75. The Labute approximate surface area is 179 Å². The minimum absolute atomic E-state index is 0.0747. The minimum Gasteiger partial charge on any atom is -0.466 e. The van der Waals surface area contributed by atoms with Crippen LogP contribution in [0, 0.1) is 0 Å². The average molecular weight is 440 g/mol. The van der Waals surface area contributed by atoms with Crippen molar-refractivity contribution in [2.45, 2.75) is 64.7 Å². The van der Waals surface area contributed by atoms with Gasteiger partial charge in [-0.1, -0.05) is 32.9 Å². The maximum atomic E-state index is 14.4. The summed E-state index contributed by atoms with van der Waals surface area (Å²) in [7, 11) is 0.916. The van der Waals surface area contributed by atoms with Crippen LogP contribution in [0.1, 0.15) is 57.5 Å². The first-order valence-corrected chi connectivity index (χ1v) is 9.72. The number of hydrogen-bond donors (Lipinski definition) is 1. The molecule has 1 heterocycles. The number of ether oxygens (including phenoxy) is 1. The quantitative estimate of drug-likeness (QED) is 0.725. The number of methoxy groups -OCH3 is 1. The highest BCUT2D eigenvalue weighted by Crippen LogP contribution is 2.45. The molecule has 1 atom stereocenters. The molecule has 0 radical (unpaired) electrons. The summed E-state index contributed by atoms with van der Waals surface area (Å²) in [5.74, 6) is -3.92. The summed E-state index contributed by atoms with van der Waals surface area (Å²) in [4.78, 5) is 39.1. The van der Waals surface area contributed by atoms with E-state index in [0.717, 1.165) is 17.6 Å². The van der Waals surface area contributed by atoms with Crippen molar-refractivity contribution in [1.29, 1.82) is 0 Å². The molecule has 0 aliphatic carbocycles. The third-order valence-corrected chi connectivity index (χ3v) is 5.28. The molecule has 1 aliphatic rings. The predicted octanol–water partition coefficient (Wildman–Crippen LogP) is 3.71. The van der Waals surface area contributed by atoms with Crippen LogP contribution >= 0.6 is 0 Å². The zero-order valence-electron chi connectivity index (χ0n) is 18.6. The second-order valence-corrected chi connectivity index (χ2v) is 8.75. The van der Waals surface area contributed by atoms with E-state index >= 15 is 0 Å². The van der Waals surface area contributed by atoms with Crippen molar-refractivity contribution in [2.24, 2.45) is 0 Å². The van der Waals surface area contributed by atoms with Gasteiger partial charge in [0.15, 0.2) is 0 Å². The first-order chi connectivity index (χ1) is 14.1. The van der Waals surface area contributed by atoms with E-state index in [0.29, 0.717) is 0 Å². The molecule has 31 heavy (non-hydrogen) atoms. The average Bonchev–Trinajstić information content (AvgIpc) is 2.87. The van der Waals surface area contributed by atoms with E-state index in [4.69, 9.17) is 0 Å². The number of carbonyl (C=O) groups excluding carboxylic acids is 3. The lowest BCUT2D eigenvalue weighted by atomic mass is 9.86. The van der Waals surface area contributed by atoms with Crippen LogP contribution in [0.25, 0.3) is 0 Å². The molecule has 2 rings (SSSR count). The van der Waals surface area contributed by atoms with E-state index in [2.05, 4.69) is 4.74 Å². The number of esters is 1. The molecule has 0 saturated heterocycles. The molecule has 0 spiro atoms. The number of alkyl halides is 3. The van der Waals surface area contributed by atoms with Gasteiger partial charge in [-0.2, -0.15) is 13.2 Å². The summed E-state index contributed by atoms with van der Waals surface area (Å²) in [6, 6.07) is 5.35. The molecular formula is C22H27F3N2O4. The number of hydrogen-bond acceptors (Lipinski definition) is 4. The van der Waals surface area contributed by atoms with Crippen LogP contribution in [0.2, 0.25) is 0 Å². The van der Waals surface area contributed by atoms with Crippen molar-refractivity contribution in [3.63, 3.8) is 0 Å². The van der Waals surface area contributed by atoms with Crippen LogP contribution in [-0.2, 0) is 19.7 Å². The number of amides is 2. The number of nitrogens with zero attached hydrogens (tertiary/aromatic N) is 1. The number of carbonyl (C=O) groups is 3. The Kier molecular flexibility index (Phi) is 6.32. The fraction of sp³-hybridized carbons (Fsp3) is 0.500. The summed E-state index contributed by atoms with van der Waals surface area (Å²) in [6.45, 7) is 10.1. The number of benzene rings is 1. The molecule has 0 bridgehead atoms. The van der Waals surface area contributed by atoms with Gasteiger partial charge in [-0.15, -0.1) is 0 Å². The monoisotopic (exact) mass is 440 g/mol. The maximum absolute atomic E-state index is 14.4. The lowest BCUT2D eigenvalue weighted by molar-refractivity contribution is -0.192. The van der Waals surface area contributed by atoms with Crippen LogP contribution in [0.4, 0.5) is 13.2 Å². The van der Waals surface area contributed by atoms with E-state index in [9.17, 15) is 27.6 Å². The van der Waals surface area contributed by atoms with Crippen molar-refractivity contribution in [3.05, 3.63) is 46.7 Å². The molecule has 0 aromatic heterocycles. The number of allylic oxidation sites excluding steroid dienone is 1. The Hall–Kier alpha value is -2.84. The van der Waals surface area contributed by atoms with E-state index in [-0.39, 0.29) is 16.7 Å². The summed E-state index contributed by atoms with van der Waals surface area (Å²) in [5, 5.41) is 1.82. The lowest BCUT2D eigenvalue weighted by Gasteiger charge is -2.33. The van der Waals surface area contributed by atoms with Crippen LogP contribution in [0.15, 0.2) is 35.5 Å². The van der Waals surface area contributed by atoms with Gasteiger partial charge in [0.1, 0.15) is 5.57 Å². The van der Waals surface area contributed by atoms with Gasteiger partial charge < -0.3 is 15.0 Å².